The van der Waals surface area contributed by atoms with Crippen LogP contribution >= 0.6 is 0 Å². The first kappa shape index (κ1) is 25.0. The maximum Gasteiger partial charge on any atom is 0.338 e. The van der Waals surface area contributed by atoms with E-state index < -0.39 is 18.0 Å². The molecule has 1 aromatic heterocycles. The van der Waals surface area contributed by atoms with Crippen LogP contribution in [0.2, 0.25) is 0 Å². The molecule has 0 fully saturated rings. The minimum absolute atomic E-state index is 0.0495. The molecule has 1 atom stereocenters. The molecule has 0 radical (unpaired) electrons. The molecule has 3 aromatic rings. The fourth-order valence-corrected chi connectivity index (χ4v) is 3.99. The summed E-state index contributed by atoms with van der Waals surface area (Å²) >= 11 is 0. The maximum absolute atomic E-state index is 13.1. The molecule has 1 aliphatic rings. The van der Waals surface area contributed by atoms with Gasteiger partial charge >= 0.3 is 12.0 Å². The lowest BCUT2D eigenvalue weighted by molar-refractivity contribution is -0.140. The van der Waals surface area contributed by atoms with E-state index in [2.05, 4.69) is 10.6 Å². The lowest BCUT2D eigenvalue weighted by Gasteiger charge is -2.28. The van der Waals surface area contributed by atoms with Gasteiger partial charge in [0.25, 0.3) is 0 Å². The average Bonchev–Trinajstić information content (AvgIpc) is 3.30. The Kier molecular flexibility index (Phi) is 7.70. The van der Waals surface area contributed by atoms with Gasteiger partial charge in [-0.25, -0.2) is 14.3 Å². The summed E-state index contributed by atoms with van der Waals surface area (Å²) in [5.74, 6) is 0.201. The molecular formula is C27H30N4O5. The van der Waals surface area contributed by atoms with Gasteiger partial charge in [-0.1, -0.05) is 18.2 Å². The predicted octanol–water partition coefficient (Wildman–Crippen LogP) is 4.14. The molecule has 0 bridgehead atoms. The van der Waals surface area contributed by atoms with Gasteiger partial charge in [0.1, 0.15) is 12.4 Å². The fourth-order valence-electron chi connectivity index (χ4n) is 3.99. The largest absolute Gasteiger partial charge is 0.491 e. The number of hydrogen-bond acceptors (Lipinski definition) is 6. The Morgan fingerprint density at radius 1 is 1.08 bits per heavy atom. The van der Waals surface area contributed by atoms with Crippen molar-refractivity contribution in [2.45, 2.75) is 32.9 Å². The molecule has 0 saturated carbocycles. The molecular weight excluding hydrogens is 460 g/mol. The minimum Gasteiger partial charge on any atom is -0.491 e. The van der Waals surface area contributed by atoms with Crippen molar-refractivity contribution in [3.8, 4) is 22.7 Å². The van der Waals surface area contributed by atoms with Crippen molar-refractivity contribution in [1.29, 1.82) is 0 Å². The second kappa shape index (κ2) is 11.1. The highest BCUT2D eigenvalue weighted by Crippen LogP contribution is 2.35. The van der Waals surface area contributed by atoms with Crippen molar-refractivity contribution < 1.29 is 23.8 Å². The number of urea groups is 1. The third-order valence-corrected chi connectivity index (χ3v) is 5.58. The van der Waals surface area contributed by atoms with E-state index in [0.29, 0.717) is 22.5 Å². The number of aromatic nitrogens is 2. The van der Waals surface area contributed by atoms with E-state index >= 15 is 0 Å². The Hall–Kier alpha value is -4.11. The highest BCUT2D eigenvalue weighted by Gasteiger charge is 2.35. The van der Waals surface area contributed by atoms with Crippen LogP contribution < -0.4 is 15.4 Å². The first-order valence-electron chi connectivity index (χ1n) is 11.7. The van der Waals surface area contributed by atoms with Crippen LogP contribution in [0.25, 0.3) is 16.9 Å². The Morgan fingerprint density at radius 2 is 1.81 bits per heavy atom. The molecule has 4 rings (SSSR count). The van der Waals surface area contributed by atoms with Crippen LogP contribution in [0.4, 0.5) is 4.79 Å². The van der Waals surface area contributed by atoms with E-state index in [4.69, 9.17) is 19.3 Å². The summed E-state index contributed by atoms with van der Waals surface area (Å²) in [6.45, 7) is 5.98. The van der Waals surface area contributed by atoms with Crippen molar-refractivity contribution in [3.63, 3.8) is 0 Å². The summed E-state index contributed by atoms with van der Waals surface area (Å²) in [6, 6.07) is 16.0. The average molecular weight is 491 g/mol. The molecule has 36 heavy (non-hydrogen) atoms. The summed E-state index contributed by atoms with van der Waals surface area (Å²) in [5, 5.41) is 10.4. The van der Waals surface area contributed by atoms with Gasteiger partial charge in [-0.3, -0.25) is 0 Å². The number of esters is 1. The fraction of sp³-hybridized carbons (Fsp3) is 0.296. The van der Waals surface area contributed by atoms with Gasteiger partial charge in [-0.05, 0) is 57.2 Å². The number of para-hydroxylation sites is 1. The molecule has 9 heteroatoms. The van der Waals surface area contributed by atoms with Gasteiger partial charge in [0.15, 0.2) is 0 Å². The van der Waals surface area contributed by atoms with Crippen LogP contribution in [-0.4, -0.2) is 48.2 Å². The van der Waals surface area contributed by atoms with Gasteiger partial charge < -0.3 is 24.8 Å². The monoisotopic (exact) mass is 490 g/mol. The Morgan fingerprint density at radius 3 is 2.47 bits per heavy atom. The number of ether oxygens (including phenoxy) is 3. The number of amides is 2. The number of methoxy groups -OCH3 is 1. The Bertz CT molecular complexity index is 1250. The number of benzene rings is 2. The Balaban J connectivity index is 1.80. The van der Waals surface area contributed by atoms with Crippen molar-refractivity contribution >= 4 is 12.0 Å². The van der Waals surface area contributed by atoms with Crippen molar-refractivity contribution in [2.24, 2.45) is 0 Å². The third kappa shape index (κ3) is 5.58. The number of carbonyl (C=O) groups excluding carboxylic acids is 2. The second-order valence-corrected chi connectivity index (χ2v) is 8.60. The molecule has 188 valence electrons. The van der Waals surface area contributed by atoms with Gasteiger partial charge in [-0.15, -0.1) is 0 Å². The first-order valence-corrected chi connectivity index (χ1v) is 11.7. The molecule has 0 spiro atoms. The number of nitrogens with zero attached hydrogens (tertiary/aromatic N) is 2. The van der Waals surface area contributed by atoms with Gasteiger partial charge in [0.2, 0.25) is 0 Å². The summed E-state index contributed by atoms with van der Waals surface area (Å²) in [6.07, 6.45) is 1.88. The molecule has 1 aliphatic heterocycles. The summed E-state index contributed by atoms with van der Waals surface area (Å²) in [7, 11) is 1.53. The smallest absolute Gasteiger partial charge is 0.338 e. The normalized spacial score (nSPS) is 15.5. The van der Waals surface area contributed by atoms with E-state index in [9.17, 15) is 9.59 Å². The number of allylic oxidation sites excluding steroid dienone is 1. The zero-order valence-electron chi connectivity index (χ0n) is 20.8. The van der Waals surface area contributed by atoms with Crippen molar-refractivity contribution in [2.75, 3.05) is 20.3 Å². The van der Waals surface area contributed by atoms with Crippen LogP contribution in [0.3, 0.4) is 0 Å². The SMILES string of the molecule is COCCOC(=O)C1=C(C)NC(=O)N[C@@H]1c1cn(-c2ccccc2)nc1-c1ccc(OC(C)C)cc1. The van der Waals surface area contributed by atoms with Gasteiger partial charge in [0.05, 0.1) is 35.7 Å². The van der Waals surface area contributed by atoms with Crippen LogP contribution in [0, 0.1) is 0 Å². The number of carbonyl (C=O) groups is 2. The highest BCUT2D eigenvalue weighted by molar-refractivity contribution is 5.95. The number of nitrogens with one attached hydrogen (secondary N) is 2. The number of hydrogen-bond donors (Lipinski definition) is 2. The van der Waals surface area contributed by atoms with Gasteiger partial charge in [-0.2, -0.15) is 5.10 Å². The predicted molar refractivity (Wildman–Crippen MR) is 135 cm³/mol. The summed E-state index contributed by atoms with van der Waals surface area (Å²) < 4.78 is 17.9. The standard InChI is InChI=1S/C27H30N4O5/c1-17(2)36-21-12-10-19(11-13-21)24-22(16-31(30-24)20-8-6-5-7-9-20)25-23(18(3)28-27(33)29-25)26(32)35-15-14-34-4/h5-13,16-17,25H,14-15H2,1-4H3,(H2,28,29,33)/t25-/m1/s1. The quantitative estimate of drug-likeness (QED) is 0.345. The lowest BCUT2D eigenvalue weighted by Crippen LogP contribution is -2.45. The second-order valence-electron chi connectivity index (χ2n) is 8.60. The third-order valence-electron chi connectivity index (χ3n) is 5.58. The van der Waals surface area contributed by atoms with E-state index in [1.54, 1.807) is 11.6 Å². The van der Waals surface area contributed by atoms with E-state index in [1.165, 1.54) is 7.11 Å². The van der Waals surface area contributed by atoms with Crippen molar-refractivity contribution in [1.82, 2.24) is 20.4 Å². The molecule has 2 N–H and O–H groups in total. The van der Waals surface area contributed by atoms with Crippen LogP contribution in [0.5, 0.6) is 5.75 Å². The van der Waals surface area contributed by atoms with E-state index in [1.807, 2.05) is 74.6 Å². The molecule has 0 aliphatic carbocycles. The zero-order valence-corrected chi connectivity index (χ0v) is 20.8. The first-order chi connectivity index (χ1) is 17.4. The molecule has 2 heterocycles. The minimum atomic E-state index is -0.771. The molecule has 0 unspecified atom stereocenters. The molecule has 0 saturated heterocycles. The van der Waals surface area contributed by atoms with Crippen LogP contribution in [0.15, 0.2) is 72.1 Å². The molecule has 9 nitrogen and oxygen atoms in total. The summed E-state index contributed by atoms with van der Waals surface area (Å²) in [5.41, 5.74) is 3.66. The highest BCUT2D eigenvalue weighted by atomic mass is 16.6. The van der Waals surface area contributed by atoms with Crippen molar-refractivity contribution in [3.05, 3.63) is 77.6 Å². The summed E-state index contributed by atoms with van der Waals surface area (Å²) in [4.78, 5) is 25.6. The van der Waals surface area contributed by atoms with E-state index in [-0.39, 0.29) is 19.3 Å². The van der Waals surface area contributed by atoms with E-state index in [0.717, 1.165) is 17.0 Å². The Labute approximate surface area is 210 Å². The lowest BCUT2D eigenvalue weighted by atomic mass is 9.94. The zero-order chi connectivity index (χ0) is 25.7. The molecule has 2 amide bonds. The maximum atomic E-state index is 13.1. The molecule has 2 aromatic carbocycles. The number of rotatable bonds is 9. The van der Waals surface area contributed by atoms with Crippen LogP contribution in [-0.2, 0) is 14.3 Å². The topological polar surface area (TPSA) is 104 Å². The van der Waals surface area contributed by atoms with Crippen LogP contribution in [0.1, 0.15) is 32.4 Å². The van der Waals surface area contributed by atoms with Gasteiger partial charge in [0, 0.05) is 30.1 Å².